The van der Waals surface area contributed by atoms with Crippen LogP contribution < -0.4 is 4.90 Å². The Morgan fingerprint density at radius 1 is 1.12 bits per heavy atom. The molecular weight excluding hydrogens is 316 g/mol. The summed E-state index contributed by atoms with van der Waals surface area (Å²) in [5.41, 5.74) is 0.621. The van der Waals surface area contributed by atoms with Gasteiger partial charge >= 0.3 is 0 Å². The number of pyridine rings is 1. The Labute approximate surface area is 148 Å². The molecule has 0 N–H and O–H groups in total. The molecule has 6 heteroatoms. The van der Waals surface area contributed by atoms with E-state index in [-0.39, 0.29) is 18.0 Å². The Bertz CT molecular complexity index is 652. The lowest BCUT2D eigenvalue weighted by molar-refractivity contribution is -0.139. The zero-order valence-electron chi connectivity index (χ0n) is 14.9. The molecule has 1 aromatic heterocycles. The van der Waals surface area contributed by atoms with Gasteiger partial charge in [0.05, 0.1) is 5.56 Å². The molecule has 1 atom stereocenters. The van der Waals surface area contributed by atoms with Gasteiger partial charge in [-0.15, -0.1) is 0 Å². The monoisotopic (exact) mass is 342 g/mol. The lowest BCUT2D eigenvalue weighted by Gasteiger charge is -2.39. The van der Waals surface area contributed by atoms with Crippen molar-refractivity contribution >= 4 is 17.6 Å². The highest BCUT2D eigenvalue weighted by atomic mass is 16.2. The Morgan fingerprint density at radius 2 is 1.92 bits per heavy atom. The molecule has 4 heterocycles. The third-order valence-electron chi connectivity index (χ3n) is 5.83. The summed E-state index contributed by atoms with van der Waals surface area (Å²) in [7, 11) is 0. The first-order chi connectivity index (χ1) is 12.1. The summed E-state index contributed by atoms with van der Waals surface area (Å²) >= 11 is 0. The average Bonchev–Trinajstić information content (AvgIpc) is 3.13. The zero-order valence-corrected chi connectivity index (χ0v) is 14.9. The number of aromatic nitrogens is 1. The molecule has 0 aliphatic carbocycles. The van der Waals surface area contributed by atoms with Gasteiger partial charge in [-0.1, -0.05) is 6.92 Å². The summed E-state index contributed by atoms with van der Waals surface area (Å²) in [6.07, 6.45) is 6.32. The van der Waals surface area contributed by atoms with E-state index in [4.69, 9.17) is 0 Å². The number of piperidine rings is 1. The Morgan fingerprint density at radius 3 is 2.64 bits per heavy atom. The maximum Gasteiger partial charge on any atom is 0.257 e. The Hall–Kier alpha value is -2.11. The molecule has 1 unspecified atom stereocenters. The fourth-order valence-electron chi connectivity index (χ4n) is 4.21. The van der Waals surface area contributed by atoms with Crippen molar-refractivity contribution in [3.63, 3.8) is 0 Å². The minimum absolute atomic E-state index is 0.00397. The molecule has 0 aromatic carbocycles. The van der Waals surface area contributed by atoms with E-state index >= 15 is 0 Å². The highest BCUT2D eigenvalue weighted by molar-refractivity contribution is 5.95. The van der Waals surface area contributed by atoms with Gasteiger partial charge in [-0.2, -0.15) is 0 Å². The van der Waals surface area contributed by atoms with Gasteiger partial charge in [-0.3, -0.25) is 9.59 Å². The number of hydrogen-bond acceptors (Lipinski definition) is 4. The van der Waals surface area contributed by atoms with Crippen molar-refractivity contribution < 1.29 is 9.59 Å². The van der Waals surface area contributed by atoms with Crippen LogP contribution in [0.15, 0.2) is 18.3 Å². The molecule has 6 nitrogen and oxygen atoms in total. The van der Waals surface area contributed by atoms with Gasteiger partial charge in [0.25, 0.3) is 5.91 Å². The fraction of sp³-hybridized carbons (Fsp3) is 0.632. The molecule has 3 aliphatic heterocycles. The first-order valence-corrected chi connectivity index (χ1v) is 9.45. The molecule has 1 aromatic rings. The summed E-state index contributed by atoms with van der Waals surface area (Å²) in [5.74, 6) is 1.92. The first kappa shape index (κ1) is 16.4. The predicted molar refractivity (Wildman–Crippen MR) is 95.2 cm³/mol. The smallest absolute Gasteiger partial charge is 0.257 e. The minimum atomic E-state index is -0.0583. The van der Waals surface area contributed by atoms with Crippen molar-refractivity contribution in [3.8, 4) is 0 Å². The Kier molecular flexibility index (Phi) is 4.36. The molecular formula is C19H26N4O2. The van der Waals surface area contributed by atoms with Crippen molar-refractivity contribution in [2.45, 2.75) is 45.2 Å². The zero-order chi connectivity index (χ0) is 17.4. The minimum Gasteiger partial charge on any atom is -0.357 e. The van der Waals surface area contributed by atoms with Crippen LogP contribution in [0.3, 0.4) is 0 Å². The first-order valence-electron chi connectivity index (χ1n) is 9.45. The highest BCUT2D eigenvalue weighted by Gasteiger charge is 2.39. The van der Waals surface area contributed by atoms with E-state index in [0.717, 1.165) is 44.2 Å². The second-order valence-corrected chi connectivity index (χ2v) is 7.53. The van der Waals surface area contributed by atoms with Gasteiger partial charge in [0, 0.05) is 38.8 Å². The van der Waals surface area contributed by atoms with E-state index in [1.165, 1.54) is 12.8 Å². The van der Waals surface area contributed by atoms with Crippen LogP contribution in [0.2, 0.25) is 0 Å². The predicted octanol–water partition coefficient (Wildman–Crippen LogP) is 2.11. The number of anilines is 1. The summed E-state index contributed by atoms with van der Waals surface area (Å²) < 4.78 is 0. The third-order valence-corrected chi connectivity index (χ3v) is 5.83. The molecule has 25 heavy (non-hydrogen) atoms. The number of fused-ring (bicyclic) bond motifs is 1. The lowest BCUT2D eigenvalue weighted by Crippen LogP contribution is -2.55. The van der Waals surface area contributed by atoms with Crippen LogP contribution in [0.5, 0.6) is 0 Å². The largest absolute Gasteiger partial charge is 0.357 e. The standard InChI is InChI=1S/C19H26N4O2/c1-14-6-10-21(11-7-14)16-5-4-15(13-20-16)19(25)23-12-8-18(24)22-9-2-3-17(22)23/h4-5,13-14,17H,2-3,6-12H2,1H3. The number of amides is 2. The third kappa shape index (κ3) is 3.10. The number of nitrogens with zero attached hydrogens (tertiary/aromatic N) is 4. The molecule has 2 amide bonds. The van der Waals surface area contributed by atoms with Gasteiger partial charge in [0.1, 0.15) is 12.0 Å². The van der Waals surface area contributed by atoms with Crippen LogP contribution in [0.25, 0.3) is 0 Å². The number of hydrogen-bond donors (Lipinski definition) is 0. The summed E-state index contributed by atoms with van der Waals surface area (Å²) in [5, 5.41) is 0. The molecule has 3 fully saturated rings. The molecule has 134 valence electrons. The van der Waals surface area contributed by atoms with Gasteiger partial charge in [0.15, 0.2) is 0 Å². The SMILES string of the molecule is CC1CCN(c2ccc(C(=O)N3CCC(=O)N4CCCC43)cn2)CC1. The van der Waals surface area contributed by atoms with E-state index in [9.17, 15) is 9.59 Å². The van der Waals surface area contributed by atoms with Crippen molar-refractivity contribution in [2.75, 3.05) is 31.1 Å². The van der Waals surface area contributed by atoms with Crippen molar-refractivity contribution in [3.05, 3.63) is 23.9 Å². The summed E-state index contributed by atoms with van der Waals surface area (Å²) in [6.45, 7) is 5.66. The molecule has 0 saturated carbocycles. The van der Waals surface area contributed by atoms with E-state index < -0.39 is 0 Å². The molecule has 0 radical (unpaired) electrons. The highest BCUT2D eigenvalue weighted by Crippen LogP contribution is 2.28. The van der Waals surface area contributed by atoms with E-state index in [1.54, 1.807) is 6.20 Å². The van der Waals surface area contributed by atoms with E-state index in [2.05, 4.69) is 16.8 Å². The average molecular weight is 342 g/mol. The molecule has 0 bridgehead atoms. The van der Waals surface area contributed by atoms with Crippen LogP contribution in [0.4, 0.5) is 5.82 Å². The normalized spacial score (nSPS) is 24.6. The van der Waals surface area contributed by atoms with Crippen molar-refractivity contribution in [1.82, 2.24) is 14.8 Å². The molecule has 0 spiro atoms. The quantitative estimate of drug-likeness (QED) is 0.826. The van der Waals surface area contributed by atoms with Crippen LogP contribution in [-0.4, -0.2) is 58.9 Å². The second-order valence-electron chi connectivity index (χ2n) is 7.53. The fourth-order valence-corrected chi connectivity index (χ4v) is 4.21. The molecule has 4 rings (SSSR count). The summed E-state index contributed by atoms with van der Waals surface area (Å²) in [6, 6.07) is 3.85. The molecule has 3 saturated heterocycles. The van der Waals surface area contributed by atoms with Crippen molar-refractivity contribution in [1.29, 1.82) is 0 Å². The topological polar surface area (TPSA) is 56.8 Å². The van der Waals surface area contributed by atoms with E-state index in [0.29, 0.717) is 18.5 Å². The number of carbonyl (C=O) groups is 2. The maximum absolute atomic E-state index is 12.9. The lowest BCUT2D eigenvalue weighted by atomic mass is 9.99. The van der Waals surface area contributed by atoms with Gasteiger partial charge in [0.2, 0.25) is 5.91 Å². The maximum atomic E-state index is 12.9. The van der Waals surface area contributed by atoms with Crippen LogP contribution in [0, 0.1) is 5.92 Å². The molecule has 3 aliphatic rings. The van der Waals surface area contributed by atoms with Crippen molar-refractivity contribution in [2.24, 2.45) is 5.92 Å². The van der Waals surface area contributed by atoms with Gasteiger partial charge < -0.3 is 14.7 Å². The van der Waals surface area contributed by atoms with Gasteiger partial charge in [-0.25, -0.2) is 4.98 Å². The summed E-state index contributed by atoms with van der Waals surface area (Å²) in [4.78, 5) is 35.5. The van der Waals surface area contributed by atoms with Gasteiger partial charge in [-0.05, 0) is 43.7 Å². The second kappa shape index (κ2) is 6.65. The van der Waals surface area contributed by atoms with E-state index in [1.807, 2.05) is 21.9 Å². The Balaban J connectivity index is 1.46. The number of rotatable bonds is 2. The van der Waals surface area contributed by atoms with Crippen LogP contribution >= 0.6 is 0 Å². The van der Waals surface area contributed by atoms with Crippen LogP contribution in [0.1, 0.15) is 49.4 Å². The van der Waals surface area contributed by atoms with Crippen LogP contribution in [-0.2, 0) is 4.79 Å². The number of carbonyl (C=O) groups excluding carboxylic acids is 2.